The van der Waals surface area contributed by atoms with E-state index in [9.17, 15) is 4.11 Å². The van der Waals surface area contributed by atoms with Gasteiger partial charge in [0.1, 0.15) is 0 Å². The molecule has 0 saturated carbocycles. The second-order valence-corrected chi connectivity index (χ2v) is 3.21. The molecule has 0 aliphatic heterocycles. The first-order valence-corrected chi connectivity index (χ1v) is 3.97. The summed E-state index contributed by atoms with van der Waals surface area (Å²) in [5.41, 5.74) is 0. The van der Waals surface area contributed by atoms with Gasteiger partial charge in [0.25, 0.3) is 0 Å². The number of hydrogen-bond donors (Lipinski definition) is 0. The molecule has 25 valence electrons. The van der Waals surface area contributed by atoms with Gasteiger partial charge in [-0.3, -0.25) is 4.11 Å². The third-order valence-electron chi connectivity index (χ3n) is 0. The molecule has 0 nitrogen and oxygen atoms in total. The standard InChI is InChI=1S/Cl2FSi/c1-4(2)3. The fraction of sp³-hybridized carbons (Fsp3) is 0. The van der Waals surface area contributed by atoms with Crippen LogP contribution in [0.4, 0.5) is 4.11 Å². The highest BCUT2D eigenvalue weighted by Crippen LogP contribution is 1.92. The van der Waals surface area contributed by atoms with Crippen LogP contribution in [-0.2, 0) is 0 Å². The van der Waals surface area contributed by atoms with Crippen molar-refractivity contribution < 1.29 is 4.11 Å². The van der Waals surface area contributed by atoms with Crippen LogP contribution in [0.25, 0.3) is 0 Å². The van der Waals surface area contributed by atoms with Crippen molar-refractivity contribution in [3.8, 4) is 0 Å². The Morgan fingerprint density at radius 1 is 1.50 bits per heavy atom. The second kappa shape index (κ2) is 2.00. The Hall–Kier alpha value is 0.727. The minimum absolute atomic E-state index is 2.44. The average Bonchev–Trinajstić information content (AvgIpc) is 0.811. The van der Waals surface area contributed by atoms with Crippen LogP contribution in [0.3, 0.4) is 0 Å². The monoisotopic (exact) mass is 117 g/mol. The van der Waals surface area contributed by atoms with Crippen LogP contribution in [0.15, 0.2) is 0 Å². The van der Waals surface area contributed by atoms with Gasteiger partial charge in [0.05, 0.1) is 0 Å². The number of hydrogen-bond acceptors (Lipinski definition) is 0. The van der Waals surface area contributed by atoms with E-state index < -0.39 is 7.75 Å². The van der Waals surface area contributed by atoms with Gasteiger partial charge in [-0.1, -0.05) is 0 Å². The van der Waals surface area contributed by atoms with Crippen molar-refractivity contribution in [1.82, 2.24) is 0 Å². The molecule has 0 fully saturated rings. The quantitative estimate of drug-likeness (QED) is 0.333. The first-order chi connectivity index (χ1) is 1.73. The van der Waals surface area contributed by atoms with E-state index in [0.717, 1.165) is 0 Å². The highest BCUT2D eigenvalue weighted by molar-refractivity contribution is 7.30. The molecule has 0 aliphatic carbocycles. The zero-order valence-corrected chi connectivity index (χ0v) is 4.15. The van der Waals surface area contributed by atoms with E-state index in [1.54, 1.807) is 0 Å². The predicted molar refractivity (Wildman–Crippen MR) is 18.6 cm³/mol. The van der Waals surface area contributed by atoms with Crippen molar-refractivity contribution in [3.05, 3.63) is 0 Å². The molecule has 0 rings (SSSR count). The lowest BCUT2D eigenvalue weighted by atomic mass is 18.9. The average molecular weight is 118 g/mol. The molecule has 0 unspecified atom stereocenters. The maximum atomic E-state index is 10.6. The largest absolute Gasteiger partial charge is 0.485 e. The van der Waals surface area contributed by atoms with Crippen LogP contribution in [0.2, 0.25) is 0 Å². The van der Waals surface area contributed by atoms with Gasteiger partial charge in [0, 0.05) is 0 Å². The van der Waals surface area contributed by atoms with Gasteiger partial charge >= 0.3 is 7.75 Å². The van der Waals surface area contributed by atoms with Crippen molar-refractivity contribution in [2.75, 3.05) is 0 Å². The highest BCUT2D eigenvalue weighted by atomic mass is 35.7. The zero-order chi connectivity index (χ0) is 3.58. The van der Waals surface area contributed by atoms with Crippen LogP contribution in [0.5, 0.6) is 0 Å². The maximum Gasteiger partial charge on any atom is 0.485 e. The Balaban J connectivity index is 2.32. The minimum Gasteiger partial charge on any atom is -0.270 e. The van der Waals surface area contributed by atoms with Gasteiger partial charge in [0.15, 0.2) is 0 Å². The summed E-state index contributed by atoms with van der Waals surface area (Å²) in [5.74, 6) is 0. The molecular formula is Cl2FSi. The van der Waals surface area contributed by atoms with Crippen LogP contribution in [-0.4, -0.2) is 7.75 Å². The Bertz CT molecular complexity index is 10.8. The van der Waals surface area contributed by atoms with Crippen LogP contribution < -0.4 is 0 Å². The molecule has 0 atom stereocenters. The van der Waals surface area contributed by atoms with Gasteiger partial charge in [-0.25, -0.2) is 0 Å². The molecule has 0 spiro atoms. The molecule has 0 N–H and O–H groups in total. The highest BCUT2D eigenvalue weighted by Gasteiger charge is 1.93. The van der Waals surface area contributed by atoms with Gasteiger partial charge in [0.2, 0.25) is 0 Å². The normalized spacial score (nSPS) is 9.00. The van der Waals surface area contributed by atoms with E-state index in [2.05, 4.69) is 22.2 Å². The van der Waals surface area contributed by atoms with Crippen molar-refractivity contribution >= 4 is 29.9 Å². The molecular weight excluding hydrogens is 118 g/mol. The summed E-state index contributed by atoms with van der Waals surface area (Å²) in [7, 11) is -2.44. The summed E-state index contributed by atoms with van der Waals surface area (Å²) >= 11 is 8.95. The van der Waals surface area contributed by atoms with Crippen molar-refractivity contribution in [2.45, 2.75) is 0 Å². The van der Waals surface area contributed by atoms with Crippen molar-refractivity contribution in [1.29, 1.82) is 0 Å². The van der Waals surface area contributed by atoms with E-state index >= 15 is 0 Å². The fourth-order valence-electron chi connectivity index (χ4n) is 0. The molecule has 1 radical (unpaired) electrons. The first-order valence-electron chi connectivity index (χ1n) is 0.567. The smallest absolute Gasteiger partial charge is 0.270 e. The third kappa shape index (κ3) is 15.4. The van der Waals surface area contributed by atoms with Gasteiger partial charge in [-0.15, -0.1) is 22.2 Å². The summed E-state index contributed by atoms with van der Waals surface area (Å²) < 4.78 is 10.6. The van der Waals surface area contributed by atoms with E-state index in [-0.39, 0.29) is 0 Å². The van der Waals surface area contributed by atoms with Crippen LogP contribution in [0.1, 0.15) is 0 Å². The molecule has 0 aromatic heterocycles. The van der Waals surface area contributed by atoms with Crippen molar-refractivity contribution in [2.24, 2.45) is 0 Å². The van der Waals surface area contributed by atoms with Gasteiger partial charge in [-0.05, 0) is 0 Å². The molecule has 0 aliphatic rings. The topological polar surface area (TPSA) is 0 Å². The Morgan fingerprint density at radius 2 is 1.50 bits per heavy atom. The lowest BCUT2D eigenvalue weighted by molar-refractivity contribution is 0.884. The summed E-state index contributed by atoms with van der Waals surface area (Å²) in [4.78, 5) is 0. The van der Waals surface area contributed by atoms with E-state index in [1.807, 2.05) is 0 Å². The van der Waals surface area contributed by atoms with Gasteiger partial charge in [-0.2, -0.15) is 0 Å². The Kier molecular flexibility index (Phi) is 2.36. The van der Waals surface area contributed by atoms with Crippen molar-refractivity contribution in [3.63, 3.8) is 0 Å². The maximum absolute atomic E-state index is 10.6. The lowest BCUT2D eigenvalue weighted by Crippen LogP contribution is -1.69. The summed E-state index contributed by atoms with van der Waals surface area (Å²) in [5, 5.41) is 0. The molecule has 0 aromatic carbocycles. The first kappa shape index (κ1) is 4.73. The SMILES string of the molecule is F[Si](Cl)Cl. The predicted octanol–water partition coefficient (Wildman–Crippen LogP) is 1.42. The fourth-order valence-corrected chi connectivity index (χ4v) is 0. The lowest BCUT2D eigenvalue weighted by Gasteiger charge is -1.60. The van der Waals surface area contributed by atoms with E-state index in [0.29, 0.717) is 0 Å². The Morgan fingerprint density at radius 3 is 1.50 bits per heavy atom. The molecule has 0 aromatic rings. The van der Waals surface area contributed by atoms with Crippen LogP contribution in [0, 0.1) is 0 Å². The van der Waals surface area contributed by atoms with E-state index in [4.69, 9.17) is 0 Å². The van der Waals surface area contributed by atoms with Gasteiger partial charge < -0.3 is 0 Å². The number of rotatable bonds is 0. The summed E-state index contributed by atoms with van der Waals surface area (Å²) in [6, 6.07) is 0. The van der Waals surface area contributed by atoms with Crippen LogP contribution >= 0.6 is 22.2 Å². The second-order valence-electron chi connectivity index (χ2n) is 0.214. The van der Waals surface area contributed by atoms with E-state index in [1.165, 1.54) is 0 Å². The molecule has 0 amide bonds. The molecule has 4 heavy (non-hydrogen) atoms. The molecule has 0 saturated heterocycles. The number of halogens is 3. The zero-order valence-electron chi connectivity index (χ0n) is 1.63. The molecule has 4 heteroatoms. The Labute approximate surface area is 34.7 Å². The molecule has 0 heterocycles. The summed E-state index contributed by atoms with van der Waals surface area (Å²) in [6.45, 7) is 0. The summed E-state index contributed by atoms with van der Waals surface area (Å²) in [6.07, 6.45) is 0. The third-order valence-corrected chi connectivity index (χ3v) is 0. The molecule has 0 bridgehead atoms. The minimum atomic E-state index is -2.44.